The van der Waals surface area contributed by atoms with Gasteiger partial charge in [-0.05, 0) is 30.7 Å². The fourth-order valence-corrected chi connectivity index (χ4v) is 1.61. The van der Waals surface area contributed by atoms with E-state index in [2.05, 4.69) is 0 Å². The number of carboxylic acid groups (broad SMARTS) is 2. The molecule has 20 heavy (non-hydrogen) atoms. The third kappa shape index (κ3) is 4.17. The summed E-state index contributed by atoms with van der Waals surface area (Å²) >= 11 is 6.00. The van der Waals surface area contributed by atoms with Crippen LogP contribution in [0.15, 0.2) is 18.2 Å². The summed E-state index contributed by atoms with van der Waals surface area (Å²) < 4.78 is 10.3. The number of halogens is 1. The van der Waals surface area contributed by atoms with Gasteiger partial charge in [0, 0.05) is 6.08 Å². The quantitative estimate of drug-likeness (QED) is 0.783. The highest BCUT2D eigenvalue weighted by molar-refractivity contribution is 6.32. The second-order valence-corrected chi connectivity index (χ2v) is 4.21. The molecular weight excluding hydrogens is 288 g/mol. The molecule has 0 amide bonds. The Kier molecular flexibility index (Phi) is 5.40. The highest BCUT2D eigenvalue weighted by atomic mass is 35.5. The van der Waals surface area contributed by atoms with Crippen molar-refractivity contribution in [3.63, 3.8) is 0 Å². The maximum atomic E-state index is 10.8. The number of methoxy groups -OCH3 is 1. The van der Waals surface area contributed by atoms with Crippen LogP contribution in [0.4, 0.5) is 0 Å². The molecule has 0 saturated carbocycles. The Labute approximate surface area is 120 Å². The van der Waals surface area contributed by atoms with Gasteiger partial charge in [0.05, 0.1) is 12.1 Å². The molecule has 0 radical (unpaired) electrons. The lowest BCUT2D eigenvalue weighted by atomic mass is 10.2. The average Bonchev–Trinajstić information content (AvgIpc) is 2.38. The first kappa shape index (κ1) is 15.8. The largest absolute Gasteiger partial charge is 0.493 e. The Morgan fingerprint density at radius 3 is 2.50 bits per heavy atom. The van der Waals surface area contributed by atoms with E-state index >= 15 is 0 Å². The molecule has 1 rings (SSSR count). The molecule has 6 nitrogen and oxygen atoms in total. The highest BCUT2D eigenvalue weighted by Gasteiger charge is 2.18. The minimum Gasteiger partial charge on any atom is -0.493 e. The smallest absolute Gasteiger partial charge is 0.344 e. The van der Waals surface area contributed by atoms with Crippen LogP contribution in [0.5, 0.6) is 11.5 Å². The van der Waals surface area contributed by atoms with E-state index in [1.165, 1.54) is 32.2 Å². The maximum absolute atomic E-state index is 10.8. The molecule has 108 valence electrons. The molecule has 0 heterocycles. The highest BCUT2D eigenvalue weighted by Crippen LogP contribution is 2.37. The molecule has 0 aliphatic carbocycles. The second kappa shape index (κ2) is 6.81. The lowest BCUT2D eigenvalue weighted by molar-refractivity contribution is -0.144. The number of aliphatic carboxylic acids is 2. The van der Waals surface area contributed by atoms with Crippen molar-refractivity contribution in [1.29, 1.82) is 0 Å². The molecule has 2 N–H and O–H groups in total. The van der Waals surface area contributed by atoms with Crippen LogP contribution in [0.1, 0.15) is 12.5 Å². The molecule has 0 spiro atoms. The van der Waals surface area contributed by atoms with Crippen LogP contribution in [0.3, 0.4) is 0 Å². The minimum atomic E-state index is -1.14. The topological polar surface area (TPSA) is 93.1 Å². The van der Waals surface area contributed by atoms with E-state index in [0.29, 0.717) is 5.56 Å². The fourth-order valence-electron chi connectivity index (χ4n) is 1.35. The van der Waals surface area contributed by atoms with Gasteiger partial charge >= 0.3 is 11.9 Å². The van der Waals surface area contributed by atoms with Gasteiger partial charge in [-0.2, -0.15) is 0 Å². The number of benzene rings is 1. The zero-order valence-electron chi connectivity index (χ0n) is 10.8. The number of ether oxygens (including phenoxy) is 2. The summed E-state index contributed by atoms with van der Waals surface area (Å²) in [5.41, 5.74) is 0.490. The molecule has 1 aromatic rings. The van der Waals surface area contributed by atoms with Crippen LogP contribution < -0.4 is 9.47 Å². The standard InChI is InChI=1S/C13H13ClO6/c1-7(13(17)18)20-12-9(14)5-8(3-4-11(15)16)6-10(12)19-2/h3-7H,1-2H3,(H,15,16)(H,17,18). The van der Waals surface area contributed by atoms with Gasteiger partial charge in [-0.25, -0.2) is 9.59 Å². The van der Waals surface area contributed by atoms with E-state index in [4.69, 9.17) is 31.3 Å². The lowest BCUT2D eigenvalue weighted by Gasteiger charge is -2.15. The van der Waals surface area contributed by atoms with Crippen molar-refractivity contribution < 1.29 is 29.3 Å². The minimum absolute atomic E-state index is 0.0940. The Balaban J connectivity index is 3.14. The summed E-state index contributed by atoms with van der Waals surface area (Å²) in [4.78, 5) is 21.2. The number of rotatable bonds is 6. The monoisotopic (exact) mass is 300 g/mol. The Hall–Kier alpha value is -2.21. The van der Waals surface area contributed by atoms with E-state index in [1.54, 1.807) is 0 Å². The Bertz CT molecular complexity index is 552. The molecule has 1 unspecified atom stereocenters. The van der Waals surface area contributed by atoms with E-state index in [0.717, 1.165) is 6.08 Å². The normalized spacial score (nSPS) is 12.2. The summed E-state index contributed by atoms with van der Waals surface area (Å²) in [5.74, 6) is -1.93. The van der Waals surface area contributed by atoms with Crippen molar-refractivity contribution in [1.82, 2.24) is 0 Å². The van der Waals surface area contributed by atoms with Gasteiger partial charge in [-0.1, -0.05) is 11.6 Å². The molecule has 0 saturated heterocycles. The zero-order valence-corrected chi connectivity index (χ0v) is 11.5. The summed E-state index contributed by atoms with van der Waals surface area (Å²) in [6, 6.07) is 2.95. The van der Waals surface area contributed by atoms with Crippen LogP contribution in [0.25, 0.3) is 6.08 Å². The van der Waals surface area contributed by atoms with E-state index in [9.17, 15) is 9.59 Å². The van der Waals surface area contributed by atoms with Crippen molar-refractivity contribution in [2.45, 2.75) is 13.0 Å². The number of carboxylic acids is 2. The third-order valence-electron chi connectivity index (χ3n) is 2.31. The molecule has 1 aromatic carbocycles. The Morgan fingerprint density at radius 1 is 1.35 bits per heavy atom. The van der Waals surface area contributed by atoms with Crippen LogP contribution in [0.2, 0.25) is 5.02 Å². The second-order valence-electron chi connectivity index (χ2n) is 3.80. The summed E-state index contributed by atoms with van der Waals surface area (Å²) in [6.45, 7) is 1.36. The molecule has 1 atom stereocenters. The van der Waals surface area contributed by atoms with Crippen LogP contribution >= 0.6 is 11.6 Å². The van der Waals surface area contributed by atoms with Crippen molar-refractivity contribution >= 4 is 29.6 Å². The van der Waals surface area contributed by atoms with Crippen molar-refractivity contribution in [2.75, 3.05) is 7.11 Å². The van der Waals surface area contributed by atoms with Gasteiger partial charge in [0.1, 0.15) is 0 Å². The van der Waals surface area contributed by atoms with Crippen LogP contribution in [-0.4, -0.2) is 35.4 Å². The van der Waals surface area contributed by atoms with Crippen LogP contribution in [-0.2, 0) is 9.59 Å². The maximum Gasteiger partial charge on any atom is 0.344 e. The lowest BCUT2D eigenvalue weighted by Crippen LogP contribution is -2.23. The van der Waals surface area contributed by atoms with Gasteiger partial charge < -0.3 is 19.7 Å². The van der Waals surface area contributed by atoms with Crippen molar-refractivity contribution in [3.05, 3.63) is 28.8 Å². The van der Waals surface area contributed by atoms with Crippen molar-refractivity contribution in [2.24, 2.45) is 0 Å². The predicted molar refractivity (Wildman–Crippen MR) is 72.4 cm³/mol. The van der Waals surface area contributed by atoms with Gasteiger partial charge in [0.2, 0.25) is 0 Å². The van der Waals surface area contributed by atoms with E-state index in [-0.39, 0.29) is 16.5 Å². The molecule has 0 aliphatic rings. The van der Waals surface area contributed by atoms with E-state index < -0.39 is 18.0 Å². The third-order valence-corrected chi connectivity index (χ3v) is 2.59. The summed E-state index contributed by atoms with van der Waals surface area (Å²) in [6.07, 6.45) is 1.19. The first-order valence-electron chi connectivity index (χ1n) is 5.53. The van der Waals surface area contributed by atoms with Gasteiger partial charge in [0.25, 0.3) is 0 Å². The van der Waals surface area contributed by atoms with Crippen LogP contribution in [0, 0.1) is 0 Å². The van der Waals surface area contributed by atoms with Gasteiger partial charge in [0.15, 0.2) is 17.6 Å². The molecule has 0 aromatic heterocycles. The molecule has 0 fully saturated rings. The Morgan fingerprint density at radius 2 is 2.00 bits per heavy atom. The first-order valence-corrected chi connectivity index (χ1v) is 5.91. The van der Waals surface area contributed by atoms with E-state index in [1.807, 2.05) is 0 Å². The number of hydrogen-bond donors (Lipinski definition) is 2. The average molecular weight is 301 g/mol. The zero-order chi connectivity index (χ0) is 15.3. The predicted octanol–water partition coefficient (Wildman–Crippen LogP) is 2.30. The van der Waals surface area contributed by atoms with Crippen molar-refractivity contribution in [3.8, 4) is 11.5 Å². The summed E-state index contributed by atoms with van der Waals surface area (Å²) in [7, 11) is 1.37. The number of hydrogen-bond acceptors (Lipinski definition) is 4. The molecular formula is C13H13ClO6. The SMILES string of the molecule is COc1cc(C=CC(=O)O)cc(Cl)c1OC(C)C(=O)O. The first-order chi connectivity index (χ1) is 9.35. The number of carbonyl (C=O) groups is 2. The molecule has 0 bridgehead atoms. The molecule has 0 aliphatic heterocycles. The van der Waals surface area contributed by atoms with Gasteiger partial charge in [-0.3, -0.25) is 0 Å². The molecule has 7 heteroatoms. The van der Waals surface area contributed by atoms with Gasteiger partial charge in [-0.15, -0.1) is 0 Å². The summed E-state index contributed by atoms with van der Waals surface area (Å²) in [5, 5.41) is 17.5. The fraction of sp³-hybridized carbons (Fsp3) is 0.231.